The molecule has 4 unspecified atom stereocenters. The van der Waals surface area contributed by atoms with E-state index in [0.717, 1.165) is 52.1 Å². The average Bonchev–Trinajstić information content (AvgIpc) is 3.39. The molecule has 4 aromatic carbocycles. The summed E-state index contributed by atoms with van der Waals surface area (Å²) < 4.78 is 47.1. The van der Waals surface area contributed by atoms with E-state index >= 15 is 0 Å². The van der Waals surface area contributed by atoms with Gasteiger partial charge in [-0.1, -0.05) is 24.3 Å². The van der Waals surface area contributed by atoms with Gasteiger partial charge in [0, 0.05) is 60.9 Å². The number of nitrogens with zero attached hydrogens (tertiary/aromatic N) is 2. The Labute approximate surface area is 416 Å². The molecule has 17 heteroatoms. The SMILES string of the molecule is COc1cc(C2c3c(cc(OC)c(OC)c3OC)CC[N+]2(C)CCCOC(=O)/C=C/C(=O)OCCC[N+]2(C)CCc3cc(CO)c(CO)c(OC)c3C2Cc2ccc(CO)c(CO)c2)cc(CO)c1OC. The van der Waals surface area contributed by atoms with Crippen LogP contribution in [-0.2, 0) is 71.4 Å². The van der Waals surface area contributed by atoms with Crippen molar-refractivity contribution >= 4 is 11.9 Å². The molecule has 0 spiro atoms. The van der Waals surface area contributed by atoms with Crippen LogP contribution in [0, 0.1) is 0 Å². The molecule has 0 amide bonds. The maximum Gasteiger partial charge on any atom is 0.331 e. The van der Waals surface area contributed by atoms with Gasteiger partial charge in [-0.2, -0.15) is 0 Å². The monoisotopic (exact) mass is 988 g/mol. The summed E-state index contributed by atoms with van der Waals surface area (Å²) in [5.74, 6) is 1.63. The summed E-state index contributed by atoms with van der Waals surface area (Å²) in [5.41, 5.74) is 8.68. The van der Waals surface area contributed by atoms with E-state index in [4.69, 9.17) is 37.9 Å². The first-order valence-electron chi connectivity index (χ1n) is 23.9. The number of fused-ring (bicyclic) bond motifs is 2. The van der Waals surface area contributed by atoms with Crippen LogP contribution in [-0.4, -0.2) is 143 Å². The summed E-state index contributed by atoms with van der Waals surface area (Å²) in [7, 11) is 13.7. The van der Waals surface area contributed by atoms with E-state index < -0.39 is 11.9 Å². The van der Waals surface area contributed by atoms with Crippen molar-refractivity contribution in [3.05, 3.63) is 116 Å². The molecule has 4 atom stereocenters. The van der Waals surface area contributed by atoms with E-state index in [-0.39, 0.29) is 58.3 Å². The minimum Gasteiger partial charge on any atom is -0.496 e. The third-order valence-electron chi connectivity index (χ3n) is 14.4. The fourth-order valence-corrected chi connectivity index (χ4v) is 10.8. The van der Waals surface area contributed by atoms with Gasteiger partial charge in [-0.3, -0.25) is 0 Å². The first kappa shape index (κ1) is 54.4. The van der Waals surface area contributed by atoms with E-state index in [9.17, 15) is 35.1 Å². The lowest BCUT2D eigenvalue weighted by Crippen LogP contribution is -2.53. The van der Waals surface area contributed by atoms with Gasteiger partial charge in [0.05, 0.1) is 140 Å². The summed E-state index contributed by atoms with van der Waals surface area (Å²) in [6.45, 7) is 1.56. The van der Waals surface area contributed by atoms with Gasteiger partial charge in [-0.15, -0.1) is 0 Å². The highest BCUT2D eigenvalue weighted by Gasteiger charge is 2.45. The number of benzene rings is 4. The zero-order valence-electron chi connectivity index (χ0n) is 42.4. The number of aliphatic hydroxyl groups is 5. The van der Waals surface area contributed by atoms with E-state index in [1.807, 2.05) is 42.5 Å². The third-order valence-corrected chi connectivity index (χ3v) is 14.4. The zero-order valence-corrected chi connectivity index (χ0v) is 42.4. The molecule has 2 aliphatic heterocycles. The Balaban J connectivity index is 1.11. The number of aliphatic hydroxyl groups excluding tert-OH is 5. The van der Waals surface area contributed by atoms with Gasteiger partial charge in [0.1, 0.15) is 17.8 Å². The predicted octanol–water partition coefficient (Wildman–Crippen LogP) is 4.70. The van der Waals surface area contributed by atoms with E-state index in [1.165, 1.54) is 7.11 Å². The van der Waals surface area contributed by atoms with E-state index in [1.54, 1.807) is 35.5 Å². The van der Waals surface area contributed by atoms with Gasteiger partial charge in [0.2, 0.25) is 5.75 Å². The van der Waals surface area contributed by atoms with Crippen molar-refractivity contribution < 1.29 is 82.0 Å². The number of ether oxygens (including phenoxy) is 8. The van der Waals surface area contributed by atoms with Crippen LogP contribution in [0.2, 0.25) is 0 Å². The molecule has 0 saturated carbocycles. The molecule has 0 fully saturated rings. The molecule has 2 aliphatic rings. The maximum absolute atomic E-state index is 12.9. The van der Waals surface area contributed by atoms with Gasteiger partial charge in [0.25, 0.3) is 0 Å². The van der Waals surface area contributed by atoms with Crippen LogP contribution in [0.5, 0.6) is 34.5 Å². The number of esters is 2. The number of methoxy groups -OCH3 is 6. The van der Waals surface area contributed by atoms with Gasteiger partial charge < -0.3 is 72.4 Å². The van der Waals surface area contributed by atoms with Crippen molar-refractivity contribution in [2.24, 2.45) is 0 Å². The van der Waals surface area contributed by atoms with Crippen LogP contribution in [0.3, 0.4) is 0 Å². The van der Waals surface area contributed by atoms with Crippen molar-refractivity contribution in [3.8, 4) is 34.5 Å². The molecule has 0 aromatic heterocycles. The Kier molecular flexibility index (Phi) is 18.8. The van der Waals surface area contributed by atoms with Gasteiger partial charge in [-0.05, 0) is 51.6 Å². The van der Waals surface area contributed by atoms with E-state index in [2.05, 4.69) is 14.1 Å². The summed E-state index contributed by atoms with van der Waals surface area (Å²) in [6.07, 6.45) is 5.05. The Morgan fingerprint density at radius 3 is 1.66 bits per heavy atom. The molecule has 6 rings (SSSR count). The molecule has 4 aromatic rings. The lowest BCUT2D eigenvalue weighted by Gasteiger charge is -2.46. The Morgan fingerprint density at radius 2 is 1.11 bits per heavy atom. The number of carbonyl (C=O) groups is 2. The van der Waals surface area contributed by atoms with Crippen LogP contribution >= 0.6 is 0 Å². The van der Waals surface area contributed by atoms with Crippen LogP contribution in [0.25, 0.3) is 0 Å². The molecule has 0 bridgehead atoms. The number of rotatable bonds is 24. The van der Waals surface area contributed by atoms with Gasteiger partial charge >= 0.3 is 11.9 Å². The molecule has 71 heavy (non-hydrogen) atoms. The first-order chi connectivity index (χ1) is 34.2. The topological polar surface area (TPSA) is 209 Å². The van der Waals surface area contributed by atoms with Gasteiger partial charge in [0.15, 0.2) is 23.0 Å². The molecule has 2 heterocycles. The quantitative estimate of drug-likeness (QED) is 0.0279. The highest BCUT2D eigenvalue weighted by atomic mass is 16.5. The fourth-order valence-electron chi connectivity index (χ4n) is 10.8. The summed E-state index contributed by atoms with van der Waals surface area (Å²) in [5, 5.41) is 50.9. The molecular formula is C54H72N2O15+2. The Hall–Kier alpha value is -5.92. The van der Waals surface area contributed by atoms with Crippen molar-refractivity contribution in [2.45, 2.75) is 77.2 Å². The predicted molar refractivity (Wildman–Crippen MR) is 263 cm³/mol. The largest absolute Gasteiger partial charge is 0.496 e. The molecule has 0 aliphatic carbocycles. The molecule has 17 nitrogen and oxygen atoms in total. The highest BCUT2D eigenvalue weighted by molar-refractivity contribution is 5.91. The second-order valence-electron chi connectivity index (χ2n) is 18.5. The fraction of sp³-hybridized carbons (Fsp3) is 0.481. The summed E-state index contributed by atoms with van der Waals surface area (Å²) in [4.78, 5) is 25.9. The smallest absolute Gasteiger partial charge is 0.331 e. The van der Waals surface area contributed by atoms with Crippen molar-refractivity contribution in [1.29, 1.82) is 0 Å². The first-order valence-corrected chi connectivity index (χ1v) is 23.9. The second kappa shape index (κ2) is 24.5. The standard InChI is InChI=1S/C54H72N2O15/c1-55(19-15-35-25-40(31-59)42(33-61)52(67-6)48(35)43(55)24-34-11-12-37(29-57)39(23-34)30-58)17-9-21-70-46(62)13-14-47(63)71-22-10-18-56(2)20-16-36-27-45(65-4)53(68-7)54(69-8)49(36)50(56)38-26-41(32-60)51(66-5)44(28-38)64-3/h11-14,23,25-28,43,50,57-61H,9-10,15-22,24,29-33H2,1-8H3/q+2/b14-13+. The van der Waals surface area contributed by atoms with E-state index in [0.29, 0.717) is 123 Å². The lowest BCUT2D eigenvalue weighted by molar-refractivity contribution is -0.941. The number of hydrogen-bond donors (Lipinski definition) is 5. The van der Waals surface area contributed by atoms with Crippen LogP contribution in [0.4, 0.5) is 0 Å². The van der Waals surface area contributed by atoms with Crippen LogP contribution < -0.4 is 28.4 Å². The highest BCUT2D eigenvalue weighted by Crippen LogP contribution is 2.53. The average molecular weight is 989 g/mol. The molecular weight excluding hydrogens is 917 g/mol. The molecule has 0 radical (unpaired) electrons. The molecule has 5 N–H and O–H groups in total. The Morgan fingerprint density at radius 1 is 0.563 bits per heavy atom. The number of likely N-dealkylation sites (N-methyl/N-ethyl adjacent to an activating group) is 2. The van der Waals surface area contributed by atoms with Crippen molar-refractivity contribution in [3.63, 3.8) is 0 Å². The zero-order chi connectivity index (χ0) is 51.5. The second-order valence-corrected chi connectivity index (χ2v) is 18.5. The van der Waals surface area contributed by atoms with Crippen molar-refractivity contribution in [1.82, 2.24) is 0 Å². The number of quaternary nitrogens is 2. The number of hydrogen-bond acceptors (Lipinski definition) is 15. The molecule has 0 saturated heterocycles. The molecule has 386 valence electrons. The van der Waals surface area contributed by atoms with Crippen molar-refractivity contribution in [2.75, 3.05) is 96.1 Å². The van der Waals surface area contributed by atoms with Crippen LogP contribution in [0.15, 0.2) is 54.6 Å². The maximum atomic E-state index is 12.9. The summed E-state index contributed by atoms with van der Waals surface area (Å²) in [6, 6.07) is 12.9. The normalized spacial score (nSPS) is 19.4. The minimum atomic E-state index is -0.680. The number of carbonyl (C=O) groups excluding carboxylic acids is 2. The third kappa shape index (κ3) is 11.6. The van der Waals surface area contributed by atoms with Gasteiger partial charge in [-0.25, -0.2) is 9.59 Å². The minimum absolute atomic E-state index is 0.0854. The Bertz CT molecular complexity index is 2520. The summed E-state index contributed by atoms with van der Waals surface area (Å²) >= 11 is 0. The van der Waals surface area contributed by atoms with Crippen LogP contribution in [0.1, 0.15) is 86.1 Å². The lowest BCUT2D eigenvalue weighted by atomic mass is 9.82.